The molecule has 0 aliphatic heterocycles. The molecule has 9 nitrogen and oxygen atoms in total. The second-order valence-electron chi connectivity index (χ2n) is 5.93. The zero-order valence-corrected chi connectivity index (χ0v) is 17.1. The number of nitrogens with one attached hydrogen (secondary N) is 1. The molecule has 0 bridgehead atoms. The first-order valence-electron chi connectivity index (χ1n) is 8.60. The van der Waals surface area contributed by atoms with Crippen LogP contribution in [0.4, 0.5) is 11.4 Å². The number of benzene rings is 2. The van der Waals surface area contributed by atoms with Crippen LogP contribution in [0.15, 0.2) is 42.5 Å². The molecule has 0 saturated heterocycles. The van der Waals surface area contributed by atoms with Crippen LogP contribution in [-0.2, 0) is 14.3 Å². The quantitative estimate of drug-likeness (QED) is 0.290. The van der Waals surface area contributed by atoms with Crippen LogP contribution in [0.25, 0.3) is 6.08 Å². The summed E-state index contributed by atoms with van der Waals surface area (Å²) in [5, 5.41) is 13.4. The summed E-state index contributed by atoms with van der Waals surface area (Å²) in [4.78, 5) is 34.5. The monoisotopic (exact) mass is 434 g/mol. The van der Waals surface area contributed by atoms with Gasteiger partial charge in [-0.05, 0) is 31.2 Å². The van der Waals surface area contributed by atoms with Crippen LogP contribution in [-0.4, -0.2) is 37.1 Å². The van der Waals surface area contributed by atoms with Gasteiger partial charge in [0.15, 0.2) is 6.10 Å². The number of esters is 1. The van der Waals surface area contributed by atoms with Gasteiger partial charge in [0.2, 0.25) is 0 Å². The van der Waals surface area contributed by atoms with Gasteiger partial charge in [0, 0.05) is 29.8 Å². The van der Waals surface area contributed by atoms with Gasteiger partial charge in [-0.25, -0.2) is 4.79 Å². The molecule has 0 fully saturated rings. The van der Waals surface area contributed by atoms with Crippen molar-refractivity contribution < 1.29 is 28.7 Å². The number of anilines is 1. The van der Waals surface area contributed by atoms with Gasteiger partial charge in [-0.2, -0.15) is 0 Å². The van der Waals surface area contributed by atoms with E-state index in [4.69, 9.17) is 25.8 Å². The number of ether oxygens (including phenoxy) is 3. The van der Waals surface area contributed by atoms with Gasteiger partial charge in [-0.3, -0.25) is 14.9 Å². The summed E-state index contributed by atoms with van der Waals surface area (Å²) in [6.07, 6.45) is 1.45. The predicted molar refractivity (Wildman–Crippen MR) is 111 cm³/mol. The summed E-state index contributed by atoms with van der Waals surface area (Å²) < 4.78 is 15.4. The molecule has 30 heavy (non-hydrogen) atoms. The van der Waals surface area contributed by atoms with E-state index in [9.17, 15) is 19.7 Å². The molecule has 1 unspecified atom stereocenters. The molecular weight excluding hydrogens is 416 g/mol. The van der Waals surface area contributed by atoms with E-state index in [0.29, 0.717) is 17.1 Å². The van der Waals surface area contributed by atoms with Gasteiger partial charge < -0.3 is 19.5 Å². The Bertz CT molecular complexity index is 991. The van der Waals surface area contributed by atoms with Crippen molar-refractivity contribution in [3.8, 4) is 11.5 Å². The number of carbonyl (C=O) groups is 2. The van der Waals surface area contributed by atoms with Crippen LogP contribution < -0.4 is 14.8 Å². The van der Waals surface area contributed by atoms with Crippen LogP contribution >= 0.6 is 11.6 Å². The third kappa shape index (κ3) is 5.95. The Labute approximate surface area is 177 Å². The number of rotatable bonds is 8. The second-order valence-corrected chi connectivity index (χ2v) is 6.34. The molecule has 10 heteroatoms. The zero-order valence-electron chi connectivity index (χ0n) is 16.4. The van der Waals surface area contributed by atoms with Crippen LogP contribution in [0.3, 0.4) is 0 Å². The number of hydrogen-bond donors (Lipinski definition) is 1. The number of methoxy groups -OCH3 is 2. The molecule has 2 aromatic carbocycles. The van der Waals surface area contributed by atoms with Gasteiger partial charge in [0.1, 0.15) is 11.5 Å². The van der Waals surface area contributed by atoms with E-state index in [-0.39, 0.29) is 16.4 Å². The lowest BCUT2D eigenvalue weighted by molar-refractivity contribution is -0.384. The Morgan fingerprint density at radius 3 is 2.53 bits per heavy atom. The van der Waals surface area contributed by atoms with Crippen molar-refractivity contribution in [2.45, 2.75) is 13.0 Å². The van der Waals surface area contributed by atoms with E-state index in [2.05, 4.69) is 5.32 Å². The summed E-state index contributed by atoms with van der Waals surface area (Å²) in [5.74, 6) is -0.372. The first-order valence-corrected chi connectivity index (χ1v) is 8.98. The third-order valence-corrected chi connectivity index (χ3v) is 4.25. The number of amides is 1. The Kier molecular flexibility index (Phi) is 7.76. The van der Waals surface area contributed by atoms with E-state index in [1.165, 1.54) is 39.4 Å². The molecule has 0 heterocycles. The highest BCUT2D eigenvalue weighted by Gasteiger charge is 2.19. The van der Waals surface area contributed by atoms with Gasteiger partial charge in [0.05, 0.1) is 29.9 Å². The molecular formula is C20H19ClN2O7. The maximum atomic E-state index is 12.3. The molecule has 2 aromatic rings. The van der Waals surface area contributed by atoms with E-state index in [0.717, 1.165) is 12.1 Å². The lowest BCUT2D eigenvalue weighted by atomic mass is 10.1. The molecule has 1 atom stereocenters. The fraction of sp³-hybridized carbons (Fsp3) is 0.200. The van der Waals surface area contributed by atoms with Crippen molar-refractivity contribution in [1.29, 1.82) is 0 Å². The van der Waals surface area contributed by atoms with E-state index in [1.54, 1.807) is 18.2 Å². The van der Waals surface area contributed by atoms with Crippen LogP contribution in [0.2, 0.25) is 5.02 Å². The number of nitrogens with zero attached hydrogens (tertiary/aromatic N) is 1. The Balaban J connectivity index is 2.02. The van der Waals surface area contributed by atoms with E-state index < -0.39 is 22.9 Å². The average molecular weight is 435 g/mol. The highest BCUT2D eigenvalue weighted by atomic mass is 35.5. The summed E-state index contributed by atoms with van der Waals surface area (Å²) in [7, 11) is 3.00. The maximum Gasteiger partial charge on any atom is 0.331 e. The fourth-order valence-corrected chi connectivity index (χ4v) is 2.50. The van der Waals surface area contributed by atoms with Crippen molar-refractivity contribution in [3.05, 3.63) is 63.2 Å². The van der Waals surface area contributed by atoms with Crippen LogP contribution in [0, 0.1) is 10.1 Å². The minimum absolute atomic E-state index is 0.0391. The van der Waals surface area contributed by atoms with Gasteiger partial charge in [-0.15, -0.1) is 0 Å². The number of hydrogen-bond acceptors (Lipinski definition) is 7. The maximum absolute atomic E-state index is 12.3. The van der Waals surface area contributed by atoms with Crippen LogP contribution in [0.5, 0.6) is 11.5 Å². The molecule has 2 rings (SSSR count). The molecule has 0 aromatic heterocycles. The Hall–Kier alpha value is -3.59. The van der Waals surface area contributed by atoms with Gasteiger partial charge in [0.25, 0.3) is 11.6 Å². The highest BCUT2D eigenvalue weighted by molar-refractivity contribution is 6.33. The number of nitro groups is 1. The van der Waals surface area contributed by atoms with Gasteiger partial charge >= 0.3 is 5.97 Å². The van der Waals surface area contributed by atoms with Crippen molar-refractivity contribution in [1.82, 2.24) is 0 Å². The lowest BCUT2D eigenvalue weighted by Crippen LogP contribution is -2.29. The number of carbonyl (C=O) groups excluding carboxylic acids is 2. The Morgan fingerprint density at radius 1 is 1.17 bits per heavy atom. The smallest absolute Gasteiger partial charge is 0.331 e. The van der Waals surface area contributed by atoms with Crippen molar-refractivity contribution in [3.63, 3.8) is 0 Å². The third-order valence-electron chi connectivity index (χ3n) is 3.92. The number of nitro benzene ring substituents is 1. The number of non-ortho nitro benzene ring substituents is 1. The fourth-order valence-electron chi connectivity index (χ4n) is 2.34. The molecule has 1 N–H and O–H groups in total. The van der Waals surface area contributed by atoms with Gasteiger partial charge in [-0.1, -0.05) is 11.6 Å². The van der Waals surface area contributed by atoms with Crippen molar-refractivity contribution in [2.24, 2.45) is 0 Å². The first-order chi connectivity index (χ1) is 14.2. The molecule has 158 valence electrons. The standard InChI is InChI=1S/C20H19ClN2O7/c1-12(20(25)22-17-10-14(23(26)27)6-8-16(17)21)30-19(24)9-5-13-4-7-15(28-2)11-18(13)29-3/h4-12H,1-3H3,(H,22,25)/b9-5+. The predicted octanol–water partition coefficient (Wildman–Crippen LogP) is 3.85. The second kappa shape index (κ2) is 10.3. The minimum atomic E-state index is -1.17. The normalized spacial score (nSPS) is 11.6. The summed E-state index contributed by atoms with van der Waals surface area (Å²) in [6, 6.07) is 8.67. The first kappa shape index (κ1) is 22.7. The van der Waals surface area contributed by atoms with Crippen molar-refractivity contribution >= 4 is 40.9 Å². The topological polar surface area (TPSA) is 117 Å². The zero-order chi connectivity index (χ0) is 22.3. The molecule has 0 aliphatic carbocycles. The molecule has 0 saturated carbocycles. The number of halogens is 1. The SMILES string of the molecule is COc1ccc(/C=C/C(=O)OC(C)C(=O)Nc2cc([N+](=O)[O-])ccc2Cl)c(OC)c1. The van der Waals surface area contributed by atoms with Crippen LogP contribution in [0.1, 0.15) is 12.5 Å². The molecule has 0 radical (unpaired) electrons. The molecule has 0 spiro atoms. The van der Waals surface area contributed by atoms with Crippen molar-refractivity contribution in [2.75, 3.05) is 19.5 Å². The lowest BCUT2D eigenvalue weighted by Gasteiger charge is -2.13. The summed E-state index contributed by atoms with van der Waals surface area (Å²) >= 11 is 5.95. The van der Waals surface area contributed by atoms with E-state index >= 15 is 0 Å². The highest BCUT2D eigenvalue weighted by Crippen LogP contribution is 2.27. The Morgan fingerprint density at radius 2 is 1.90 bits per heavy atom. The largest absolute Gasteiger partial charge is 0.497 e. The molecule has 1 amide bonds. The minimum Gasteiger partial charge on any atom is -0.497 e. The molecule has 0 aliphatic rings. The average Bonchev–Trinajstić information content (AvgIpc) is 2.73. The summed E-state index contributed by atoms with van der Waals surface area (Å²) in [6.45, 7) is 1.36. The summed E-state index contributed by atoms with van der Waals surface area (Å²) in [5.41, 5.74) is 0.406. The van der Waals surface area contributed by atoms with E-state index in [1.807, 2.05) is 0 Å².